The molecule has 1 unspecified atom stereocenters. The van der Waals surface area contributed by atoms with E-state index < -0.39 is 23.2 Å². The Morgan fingerprint density at radius 2 is 1.10 bits per heavy atom. The van der Waals surface area contributed by atoms with Gasteiger partial charge in [-0.15, -0.1) is 14.0 Å². The van der Waals surface area contributed by atoms with Gasteiger partial charge in [-0.05, 0) is 54.9 Å². The molecule has 0 radical (unpaired) electrons. The zero-order valence-corrected chi connectivity index (χ0v) is 22.3. The van der Waals surface area contributed by atoms with Crippen molar-refractivity contribution < 1.29 is 17.3 Å². The summed E-state index contributed by atoms with van der Waals surface area (Å²) in [4.78, 5) is 4.71. The quantitative estimate of drug-likeness (QED) is 0.241. The minimum absolute atomic E-state index is 0.122. The van der Waals surface area contributed by atoms with Crippen molar-refractivity contribution in [1.82, 2.24) is 28.5 Å². The predicted molar refractivity (Wildman–Crippen MR) is 126 cm³/mol. The standard InChI is InChI=1S/C16H40N7P2.BF4/c1-18(2)16(19(3)4)13-14-24(20(5)6)15(16)17-25(21(7)8,22(9)10)23(11)12;2-1(3,4)5/h13-14H2,1-12H3;/q+1;-1. The fraction of sp³-hybridized carbons (Fsp3) is 0.938. The molecule has 1 heterocycles. The Morgan fingerprint density at radius 1 is 0.767 bits per heavy atom. The zero-order valence-electron chi connectivity index (χ0n) is 20.5. The van der Waals surface area contributed by atoms with Crippen LogP contribution in [-0.4, -0.2) is 138 Å². The summed E-state index contributed by atoms with van der Waals surface area (Å²) in [6, 6.07) is 0. The second-order valence-electron chi connectivity index (χ2n) is 8.32. The van der Waals surface area contributed by atoms with Crippen molar-refractivity contribution in [2.75, 3.05) is 90.7 Å². The van der Waals surface area contributed by atoms with Crippen LogP contribution in [0, 0.1) is 0 Å². The van der Waals surface area contributed by atoms with E-state index in [1.165, 1.54) is 11.6 Å². The normalized spacial score (nSPS) is 21.5. The van der Waals surface area contributed by atoms with Crippen LogP contribution in [0.1, 0.15) is 6.42 Å². The van der Waals surface area contributed by atoms with Crippen LogP contribution in [0.25, 0.3) is 0 Å². The van der Waals surface area contributed by atoms with Crippen LogP contribution < -0.4 is 0 Å². The van der Waals surface area contributed by atoms with Gasteiger partial charge in [0.15, 0.2) is 0 Å². The highest BCUT2D eigenvalue weighted by Crippen LogP contribution is 2.68. The molecule has 1 atom stereocenters. The first-order valence-electron chi connectivity index (χ1n) is 9.55. The van der Waals surface area contributed by atoms with Crippen LogP contribution >= 0.6 is 15.9 Å². The first kappa shape index (κ1) is 30.1. The Hall–Kier alpha value is 0.0749. The summed E-state index contributed by atoms with van der Waals surface area (Å²) in [6.45, 7) is 0. The summed E-state index contributed by atoms with van der Waals surface area (Å²) in [5.41, 5.74) is 1.22. The van der Waals surface area contributed by atoms with Gasteiger partial charge in [-0.3, -0.25) is 14.5 Å². The van der Waals surface area contributed by atoms with Gasteiger partial charge in [-0.2, -0.15) is 0 Å². The van der Waals surface area contributed by atoms with Crippen LogP contribution in [0.15, 0.2) is 4.76 Å². The fourth-order valence-electron chi connectivity index (χ4n) is 3.92. The highest BCUT2D eigenvalue weighted by Gasteiger charge is 2.56. The monoisotopic (exact) mass is 479 g/mol. The number of nitrogens with zero attached hydrogens (tertiary/aromatic N) is 7. The molecule has 1 saturated heterocycles. The second kappa shape index (κ2) is 11.3. The Labute approximate surface area is 182 Å². The summed E-state index contributed by atoms with van der Waals surface area (Å²) >= 11 is 0. The Morgan fingerprint density at radius 3 is 1.33 bits per heavy atom. The van der Waals surface area contributed by atoms with E-state index in [1.54, 1.807) is 0 Å². The average Bonchev–Trinajstić information content (AvgIpc) is 2.89. The SMILES string of the molecule is CN(C)P1CCC(N(C)C)(N(C)C)C1=N[P+](N(C)C)(N(C)C)N(C)C.F[B-](F)(F)F. The molecule has 14 heteroatoms. The molecule has 0 amide bonds. The van der Waals surface area contributed by atoms with Gasteiger partial charge in [0.25, 0.3) is 0 Å². The van der Waals surface area contributed by atoms with Gasteiger partial charge < -0.3 is 17.3 Å². The third-order valence-electron chi connectivity index (χ3n) is 5.08. The van der Waals surface area contributed by atoms with Gasteiger partial charge >= 0.3 is 15.1 Å². The molecule has 1 fully saturated rings. The topological polar surface area (TPSA) is 31.8 Å². The van der Waals surface area contributed by atoms with E-state index in [0.717, 1.165) is 6.42 Å². The van der Waals surface area contributed by atoms with Gasteiger partial charge in [-0.1, -0.05) is 4.76 Å². The van der Waals surface area contributed by atoms with Crippen molar-refractivity contribution in [3.63, 3.8) is 0 Å². The lowest BCUT2D eigenvalue weighted by molar-refractivity contribution is 0.0735. The molecule has 0 aromatic rings. The smallest absolute Gasteiger partial charge is 0.418 e. The van der Waals surface area contributed by atoms with Gasteiger partial charge in [0.1, 0.15) is 11.1 Å². The predicted octanol–water partition coefficient (Wildman–Crippen LogP) is 3.23. The Kier molecular flexibility index (Phi) is 11.3. The van der Waals surface area contributed by atoms with Crippen molar-refractivity contribution in [3.8, 4) is 0 Å². The third-order valence-corrected chi connectivity index (χ3v) is 11.5. The van der Waals surface area contributed by atoms with Gasteiger partial charge in [-0.25, -0.2) is 0 Å². The molecular weight excluding hydrogens is 439 g/mol. The molecule has 0 N–H and O–H groups in total. The Balaban J connectivity index is 0.00000150. The summed E-state index contributed by atoms with van der Waals surface area (Å²) in [7, 11) is 17.7. The second-order valence-corrected chi connectivity index (χ2v) is 14.5. The highest BCUT2D eigenvalue weighted by molar-refractivity contribution is 7.76. The van der Waals surface area contributed by atoms with Crippen molar-refractivity contribution in [2.45, 2.75) is 12.1 Å². The largest absolute Gasteiger partial charge is 0.673 e. The van der Waals surface area contributed by atoms with E-state index in [0.29, 0.717) is 0 Å². The average molecular weight is 479 g/mol. The van der Waals surface area contributed by atoms with Crippen LogP contribution in [0.5, 0.6) is 0 Å². The van der Waals surface area contributed by atoms with Crippen molar-refractivity contribution in [2.24, 2.45) is 4.76 Å². The van der Waals surface area contributed by atoms with Gasteiger partial charge in [0, 0.05) is 50.4 Å². The van der Waals surface area contributed by atoms with E-state index in [1.807, 2.05) is 0 Å². The van der Waals surface area contributed by atoms with Crippen LogP contribution in [0.4, 0.5) is 17.3 Å². The lowest BCUT2D eigenvalue weighted by Crippen LogP contribution is -2.58. The molecule has 0 aromatic heterocycles. The summed E-state index contributed by atoms with van der Waals surface area (Å²) in [5, 5.41) is 0. The van der Waals surface area contributed by atoms with E-state index in [4.69, 9.17) is 4.76 Å². The molecule has 7 nitrogen and oxygen atoms in total. The molecular formula is C16H40BF4N7P2. The molecule has 0 saturated carbocycles. The van der Waals surface area contributed by atoms with Crippen LogP contribution in [0.3, 0.4) is 0 Å². The number of hydrogen-bond acceptors (Lipinski definition) is 7. The van der Waals surface area contributed by atoms with E-state index in [2.05, 4.69) is 113 Å². The van der Waals surface area contributed by atoms with Gasteiger partial charge in [0.05, 0.1) is 0 Å². The minimum Gasteiger partial charge on any atom is -0.418 e. The molecule has 0 spiro atoms. The minimum atomic E-state index is -6.00. The van der Waals surface area contributed by atoms with E-state index in [9.17, 15) is 17.3 Å². The van der Waals surface area contributed by atoms with E-state index >= 15 is 0 Å². The number of rotatable bonds is 7. The lowest BCUT2D eigenvalue weighted by Gasteiger charge is -2.44. The zero-order chi connectivity index (χ0) is 24.2. The van der Waals surface area contributed by atoms with E-state index in [-0.39, 0.29) is 5.66 Å². The molecule has 1 aliphatic rings. The number of hydrogen-bond donors (Lipinski definition) is 0. The summed E-state index contributed by atoms with van der Waals surface area (Å²) in [5.74, 6) is 0. The molecule has 0 aromatic carbocycles. The first-order valence-corrected chi connectivity index (χ1v) is 12.6. The van der Waals surface area contributed by atoms with Crippen molar-refractivity contribution in [3.05, 3.63) is 0 Å². The molecule has 1 aliphatic heterocycles. The Bertz CT molecular complexity index is 537. The van der Waals surface area contributed by atoms with Crippen molar-refractivity contribution in [1.29, 1.82) is 0 Å². The maximum atomic E-state index is 9.75. The molecule has 0 aliphatic carbocycles. The molecule has 1 rings (SSSR count). The maximum absolute atomic E-state index is 9.75. The summed E-state index contributed by atoms with van der Waals surface area (Å²) in [6.07, 6.45) is 2.30. The molecule has 0 bridgehead atoms. The third kappa shape index (κ3) is 6.78. The molecule has 30 heavy (non-hydrogen) atoms. The highest BCUT2D eigenvalue weighted by atomic mass is 31.2. The van der Waals surface area contributed by atoms with Crippen LogP contribution in [-0.2, 0) is 0 Å². The lowest BCUT2D eigenvalue weighted by atomic mass is 10.1. The first-order chi connectivity index (χ1) is 13.4. The van der Waals surface area contributed by atoms with Crippen molar-refractivity contribution >= 4 is 28.6 Å². The molecule has 180 valence electrons. The fourth-order valence-corrected chi connectivity index (χ4v) is 10.2. The summed E-state index contributed by atoms with van der Waals surface area (Å²) < 4.78 is 53.9. The number of halogens is 4. The maximum Gasteiger partial charge on any atom is 0.673 e. The van der Waals surface area contributed by atoms with Crippen LogP contribution in [0.2, 0.25) is 0 Å². The van der Waals surface area contributed by atoms with Gasteiger partial charge in [0.2, 0.25) is 0 Å².